The molecule has 0 saturated carbocycles. The first-order chi connectivity index (χ1) is 14.4. The SMILES string of the molecule is N#CC1(c2ccccc2F)CCN(Cc2cc(C(=O)O)c(=O)n3ccccc23)CC1. The molecule has 2 aromatic heterocycles. The fourth-order valence-electron chi connectivity index (χ4n) is 4.23. The number of benzene rings is 1. The quantitative estimate of drug-likeness (QED) is 0.721. The van der Waals surface area contributed by atoms with Crippen molar-refractivity contribution < 1.29 is 14.3 Å². The number of halogens is 1. The molecule has 4 rings (SSSR count). The van der Waals surface area contributed by atoms with Gasteiger partial charge in [0, 0.05) is 31.4 Å². The number of nitrogens with zero attached hydrogens (tertiary/aromatic N) is 3. The van der Waals surface area contributed by atoms with Gasteiger partial charge in [0.2, 0.25) is 0 Å². The molecule has 0 unspecified atom stereocenters. The largest absolute Gasteiger partial charge is 0.477 e. The van der Waals surface area contributed by atoms with E-state index in [1.165, 1.54) is 16.5 Å². The van der Waals surface area contributed by atoms with Gasteiger partial charge in [0.15, 0.2) is 0 Å². The summed E-state index contributed by atoms with van der Waals surface area (Å²) in [7, 11) is 0. The number of hydrogen-bond donors (Lipinski definition) is 1. The minimum atomic E-state index is -1.26. The van der Waals surface area contributed by atoms with Gasteiger partial charge in [-0.25, -0.2) is 9.18 Å². The molecule has 0 spiro atoms. The maximum Gasteiger partial charge on any atom is 0.341 e. The first kappa shape index (κ1) is 19.8. The molecule has 152 valence electrons. The molecule has 0 bridgehead atoms. The van der Waals surface area contributed by atoms with Crippen molar-refractivity contribution in [3.05, 3.63) is 87.6 Å². The summed E-state index contributed by atoms with van der Waals surface area (Å²) in [4.78, 5) is 26.1. The predicted octanol–water partition coefficient (Wildman–Crippen LogP) is 3.19. The Morgan fingerprint density at radius 2 is 1.87 bits per heavy atom. The molecule has 1 aliphatic heterocycles. The zero-order chi connectivity index (χ0) is 21.3. The number of aromatic nitrogens is 1. The Hall–Kier alpha value is -3.50. The average Bonchev–Trinajstić information content (AvgIpc) is 2.76. The number of carboxylic acid groups (broad SMARTS) is 1. The molecule has 1 saturated heterocycles. The van der Waals surface area contributed by atoms with E-state index in [9.17, 15) is 24.3 Å². The lowest BCUT2D eigenvalue weighted by molar-refractivity contribution is 0.0694. The molecule has 0 amide bonds. The molecule has 1 N–H and O–H groups in total. The number of hydrogen-bond acceptors (Lipinski definition) is 4. The normalized spacial score (nSPS) is 16.3. The molecule has 1 aliphatic rings. The fourth-order valence-corrected chi connectivity index (χ4v) is 4.23. The van der Waals surface area contributed by atoms with Gasteiger partial charge in [-0.2, -0.15) is 5.26 Å². The number of carboxylic acids is 1. The van der Waals surface area contributed by atoms with Gasteiger partial charge in [-0.05, 0) is 42.7 Å². The van der Waals surface area contributed by atoms with Gasteiger partial charge in [0.05, 0.1) is 17.0 Å². The van der Waals surface area contributed by atoms with Gasteiger partial charge in [-0.1, -0.05) is 24.3 Å². The van der Waals surface area contributed by atoms with Crippen LogP contribution in [0.25, 0.3) is 5.52 Å². The number of piperidine rings is 1. The highest BCUT2D eigenvalue weighted by Crippen LogP contribution is 2.36. The van der Waals surface area contributed by atoms with Crippen molar-refractivity contribution in [3.8, 4) is 6.07 Å². The van der Waals surface area contributed by atoms with Gasteiger partial charge in [0.1, 0.15) is 11.4 Å². The van der Waals surface area contributed by atoms with E-state index in [0.717, 1.165) is 5.56 Å². The topological polar surface area (TPSA) is 85.8 Å². The summed E-state index contributed by atoms with van der Waals surface area (Å²) in [6.45, 7) is 1.55. The van der Waals surface area contributed by atoms with Gasteiger partial charge < -0.3 is 5.11 Å². The van der Waals surface area contributed by atoms with Crippen molar-refractivity contribution in [3.63, 3.8) is 0 Å². The Kier molecular flexibility index (Phi) is 5.10. The first-order valence-corrected chi connectivity index (χ1v) is 9.70. The number of nitriles is 1. The highest BCUT2D eigenvalue weighted by atomic mass is 19.1. The molecule has 30 heavy (non-hydrogen) atoms. The molecule has 0 atom stereocenters. The van der Waals surface area contributed by atoms with Crippen molar-refractivity contribution in [2.45, 2.75) is 24.8 Å². The van der Waals surface area contributed by atoms with Crippen LogP contribution in [-0.2, 0) is 12.0 Å². The minimum Gasteiger partial charge on any atom is -0.477 e. The second-order valence-corrected chi connectivity index (χ2v) is 7.60. The summed E-state index contributed by atoms with van der Waals surface area (Å²) in [5, 5.41) is 19.2. The molecular formula is C23H20FN3O3. The lowest BCUT2D eigenvalue weighted by Crippen LogP contribution is -2.42. The molecule has 7 heteroatoms. The smallest absolute Gasteiger partial charge is 0.341 e. The van der Waals surface area contributed by atoms with E-state index in [1.54, 1.807) is 42.6 Å². The highest BCUT2D eigenvalue weighted by Gasteiger charge is 2.38. The number of fused-ring (bicyclic) bond motifs is 1. The number of aromatic carboxylic acids is 1. The van der Waals surface area contributed by atoms with Crippen LogP contribution in [0.3, 0.4) is 0 Å². The number of pyridine rings is 2. The third-order valence-electron chi connectivity index (χ3n) is 5.89. The van der Waals surface area contributed by atoms with Crippen molar-refractivity contribution in [2.24, 2.45) is 0 Å². The second-order valence-electron chi connectivity index (χ2n) is 7.60. The van der Waals surface area contributed by atoms with E-state index < -0.39 is 16.9 Å². The highest BCUT2D eigenvalue weighted by molar-refractivity contribution is 5.88. The van der Waals surface area contributed by atoms with E-state index in [0.29, 0.717) is 43.6 Å². The van der Waals surface area contributed by atoms with Crippen LogP contribution in [0.4, 0.5) is 4.39 Å². The summed E-state index contributed by atoms with van der Waals surface area (Å²) in [6, 6.07) is 15.4. The van der Waals surface area contributed by atoms with Crippen molar-refractivity contribution in [2.75, 3.05) is 13.1 Å². The van der Waals surface area contributed by atoms with E-state index in [2.05, 4.69) is 11.0 Å². The van der Waals surface area contributed by atoms with Crippen molar-refractivity contribution in [1.29, 1.82) is 5.26 Å². The van der Waals surface area contributed by atoms with Crippen LogP contribution in [0.15, 0.2) is 59.5 Å². The van der Waals surface area contributed by atoms with Gasteiger partial charge >= 0.3 is 5.97 Å². The van der Waals surface area contributed by atoms with Crippen LogP contribution < -0.4 is 5.56 Å². The maximum absolute atomic E-state index is 14.3. The minimum absolute atomic E-state index is 0.275. The summed E-state index contributed by atoms with van der Waals surface area (Å²) in [5.41, 5.74) is 0.0923. The van der Waals surface area contributed by atoms with Gasteiger partial charge in [0.25, 0.3) is 5.56 Å². The van der Waals surface area contributed by atoms with E-state index >= 15 is 0 Å². The molecule has 1 fully saturated rings. The lowest BCUT2D eigenvalue weighted by Gasteiger charge is -2.37. The monoisotopic (exact) mass is 405 g/mol. The standard InChI is InChI=1S/C23H20FN3O3/c24-19-6-2-1-5-18(19)23(15-25)8-11-26(12-9-23)14-16-13-17(22(29)30)21(28)27-10-4-3-7-20(16)27/h1-7,10,13H,8-9,11-12,14H2,(H,29,30). The van der Waals surface area contributed by atoms with E-state index in [-0.39, 0.29) is 11.4 Å². The van der Waals surface area contributed by atoms with Crippen LogP contribution in [-0.4, -0.2) is 33.5 Å². The lowest BCUT2D eigenvalue weighted by atomic mass is 9.73. The van der Waals surface area contributed by atoms with Crippen LogP contribution in [0, 0.1) is 17.1 Å². The molecule has 0 radical (unpaired) electrons. The molecule has 3 aromatic rings. The maximum atomic E-state index is 14.3. The summed E-state index contributed by atoms with van der Waals surface area (Å²) >= 11 is 0. The second kappa shape index (κ2) is 7.73. The zero-order valence-corrected chi connectivity index (χ0v) is 16.2. The first-order valence-electron chi connectivity index (χ1n) is 9.70. The van der Waals surface area contributed by atoms with Crippen molar-refractivity contribution in [1.82, 2.24) is 9.30 Å². The summed E-state index contributed by atoms with van der Waals surface area (Å²) < 4.78 is 15.7. The fraction of sp³-hybridized carbons (Fsp3) is 0.261. The average molecular weight is 405 g/mol. The Balaban J connectivity index is 1.62. The number of carbonyl (C=O) groups is 1. The van der Waals surface area contributed by atoms with E-state index in [4.69, 9.17) is 0 Å². The van der Waals surface area contributed by atoms with E-state index in [1.807, 2.05) is 0 Å². The third kappa shape index (κ3) is 3.36. The van der Waals surface area contributed by atoms with Gasteiger partial charge in [-0.15, -0.1) is 0 Å². The zero-order valence-electron chi connectivity index (χ0n) is 16.2. The van der Waals surface area contributed by atoms with Crippen LogP contribution in [0.2, 0.25) is 0 Å². The summed E-state index contributed by atoms with van der Waals surface area (Å²) in [6.07, 6.45) is 2.50. The van der Waals surface area contributed by atoms with Crippen LogP contribution in [0.5, 0.6) is 0 Å². The van der Waals surface area contributed by atoms with Crippen molar-refractivity contribution >= 4 is 11.5 Å². The molecule has 6 nitrogen and oxygen atoms in total. The van der Waals surface area contributed by atoms with Crippen LogP contribution in [0.1, 0.15) is 34.3 Å². The number of rotatable bonds is 4. The van der Waals surface area contributed by atoms with Gasteiger partial charge in [-0.3, -0.25) is 14.1 Å². The Morgan fingerprint density at radius 3 is 2.53 bits per heavy atom. The molecule has 1 aromatic carbocycles. The Bertz CT molecular complexity index is 1220. The molecule has 0 aliphatic carbocycles. The predicted molar refractivity (Wildman–Crippen MR) is 109 cm³/mol. The molecular weight excluding hydrogens is 385 g/mol. The number of likely N-dealkylation sites (tertiary alicyclic amines) is 1. The molecule has 3 heterocycles. The Morgan fingerprint density at radius 1 is 1.17 bits per heavy atom. The summed E-state index contributed by atoms with van der Waals surface area (Å²) in [5.74, 6) is -1.63. The van der Waals surface area contributed by atoms with Crippen LogP contribution >= 0.6 is 0 Å². The Labute approximate surface area is 172 Å². The third-order valence-corrected chi connectivity index (χ3v) is 5.89.